The Balaban J connectivity index is 2.78. The smallest absolute Gasteiger partial charge is 0.305 e. The lowest BCUT2D eigenvalue weighted by Gasteiger charge is -2.08. The van der Waals surface area contributed by atoms with Crippen molar-refractivity contribution < 1.29 is 23.1 Å². The van der Waals surface area contributed by atoms with Crippen molar-refractivity contribution in [3.63, 3.8) is 0 Å². The monoisotopic (exact) mass is 257 g/mol. The molecule has 0 aliphatic rings. The number of rotatable bonds is 3. The Labute approximate surface area is 101 Å². The summed E-state index contributed by atoms with van der Waals surface area (Å²) in [6.45, 7) is 0. The van der Waals surface area contributed by atoms with Crippen LogP contribution in [0.1, 0.15) is 12.0 Å². The van der Waals surface area contributed by atoms with E-state index in [0.717, 1.165) is 12.1 Å². The quantitative estimate of drug-likeness (QED) is 0.806. The zero-order valence-corrected chi connectivity index (χ0v) is 9.16. The van der Waals surface area contributed by atoms with Gasteiger partial charge in [0, 0.05) is 11.6 Å². The number of benzene rings is 1. The molecule has 0 amide bonds. The molecule has 6 heteroatoms. The molecule has 0 bridgehead atoms. The summed E-state index contributed by atoms with van der Waals surface area (Å²) in [6, 6.07) is 1.25. The third-order valence-corrected chi connectivity index (χ3v) is 2.00. The van der Waals surface area contributed by atoms with Crippen molar-refractivity contribution in [1.29, 1.82) is 0 Å². The second-order valence-corrected chi connectivity index (χ2v) is 3.59. The number of hydrogen-bond donors (Lipinski definition) is 2. The minimum Gasteiger partial charge on any atom is -0.481 e. The molecule has 3 N–H and O–H groups in total. The molecule has 1 aromatic carbocycles. The molecule has 0 spiro atoms. The minimum absolute atomic E-state index is 0.0438. The number of nitrogens with two attached hydrogens (primary N) is 1. The maximum Gasteiger partial charge on any atom is 0.305 e. The van der Waals surface area contributed by atoms with Crippen LogP contribution in [0.3, 0.4) is 0 Å². The summed E-state index contributed by atoms with van der Waals surface area (Å²) in [7, 11) is 0. The highest BCUT2D eigenvalue weighted by atomic mass is 19.1. The summed E-state index contributed by atoms with van der Waals surface area (Å²) in [5, 5.41) is 8.40. The van der Waals surface area contributed by atoms with E-state index in [1.165, 1.54) is 0 Å². The lowest BCUT2D eigenvalue weighted by Crippen LogP contribution is -2.33. The molecule has 0 saturated heterocycles. The Morgan fingerprint density at radius 2 is 1.89 bits per heavy atom. The highest BCUT2D eigenvalue weighted by molar-refractivity contribution is 5.67. The lowest BCUT2D eigenvalue weighted by molar-refractivity contribution is -0.137. The molecule has 1 rings (SSSR count). The van der Waals surface area contributed by atoms with E-state index in [1.54, 1.807) is 0 Å². The molecule has 0 fully saturated rings. The Morgan fingerprint density at radius 1 is 1.33 bits per heavy atom. The summed E-state index contributed by atoms with van der Waals surface area (Å²) >= 11 is 0. The molecular weight excluding hydrogens is 247 g/mol. The van der Waals surface area contributed by atoms with Gasteiger partial charge in [0.25, 0.3) is 0 Å². The van der Waals surface area contributed by atoms with Crippen molar-refractivity contribution in [2.24, 2.45) is 5.73 Å². The molecule has 0 heterocycles. The normalized spacial score (nSPS) is 13.3. The van der Waals surface area contributed by atoms with Gasteiger partial charge in [-0.1, -0.05) is 11.8 Å². The molecule has 0 aromatic heterocycles. The van der Waals surface area contributed by atoms with Gasteiger partial charge in [-0.25, -0.2) is 13.2 Å². The van der Waals surface area contributed by atoms with Crippen LogP contribution in [0.4, 0.5) is 13.2 Å². The summed E-state index contributed by atoms with van der Waals surface area (Å²) < 4.78 is 38.9. The van der Waals surface area contributed by atoms with Crippen LogP contribution in [0.5, 0.6) is 0 Å². The zero-order valence-electron chi connectivity index (χ0n) is 9.16. The van der Waals surface area contributed by atoms with Gasteiger partial charge < -0.3 is 10.8 Å². The lowest BCUT2D eigenvalue weighted by atomic mass is 10.1. The van der Waals surface area contributed by atoms with E-state index in [2.05, 4.69) is 5.92 Å². The van der Waals surface area contributed by atoms with Crippen LogP contribution in [0.2, 0.25) is 0 Å². The number of carboxylic acids is 1. The van der Waals surface area contributed by atoms with E-state index in [9.17, 15) is 18.0 Å². The van der Waals surface area contributed by atoms with Crippen molar-refractivity contribution in [3.8, 4) is 11.8 Å². The fraction of sp³-hybridized carbons (Fsp3) is 0.250. The van der Waals surface area contributed by atoms with Gasteiger partial charge in [0.2, 0.25) is 0 Å². The Kier molecular flexibility index (Phi) is 4.75. The second-order valence-electron chi connectivity index (χ2n) is 3.59. The van der Waals surface area contributed by atoms with Crippen LogP contribution in [0, 0.1) is 23.5 Å². The minimum atomic E-state index is -1.88. The molecule has 0 aliphatic heterocycles. The van der Waals surface area contributed by atoms with Crippen molar-refractivity contribution in [1.82, 2.24) is 0 Å². The SMILES string of the molecule is N[C@@H](CC(=O)O)[C@@H](F)C#Cc1cc(F)cc(F)c1. The van der Waals surface area contributed by atoms with Gasteiger partial charge >= 0.3 is 5.97 Å². The maximum absolute atomic E-state index is 13.3. The number of halogens is 3. The van der Waals surface area contributed by atoms with Gasteiger partial charge in [0.1, 0.15) is 11.6 Å². The van der Waals surface area contributed by atoms with Gasteiger partial charge in [-0.2, -0.15) is 0 Å². The van der Waals surface area contributed by atoms with Crippen LogP contribution in [-0.2, 0) is 4.79 Å². The Hall–Kier alpha value is -2.00. The van der Waals surface area contributed by atoms with E-state index in [4.69, 9.17) is 10.8 Å². The summed E-state index contributed by atoms with van der Waals surface area (Å²) in [5.74, 6) is 1.32. The molecule has 0 aliphatic carbocycles. The van der Waals surface area contributed by atoms with E-state index >= 15 is 0 Å². The molecule has 1 aromatic rings. The average molecular weight is 257 g/mol. The van der Waals surface area contributed by atoms with E-state index in [-0.39, 0.29) is 5.56 Å². The zero-order chi connectivity index (χ0) is 13.7. The first-order valence-corrected chi connectivity index (χ1v) is 4.97. The van der Waals surface area contributed by atoms with E-state index < -0.39 is 36.2 Å². The van der Waals surface area contributed by atoms with Gasteiger partial charge in [-0.15, -0.1) is 0 Å². The fourth-order valence-corrected chi connectivity index (χ4v) is 1.19. The maximum atomic E-state index is 13.3. The molecule has 96 valence electrons. The highest BCUT2D eigenvalue weighted by Gasteiger charge is 2.17. The molecule has 0 unspecified atom stereocenters. The van der Waals surface area contributed by atoms with Gasteiger partial charge in [0.15, 0.2) is 6.17 Å². The van der Waals surface area contributed by atoms with Crippen LogP contribution >= 0.6 is 0 Å². The van der Waals surface area contributed by atoms with E-state index in [1.807, 2.05) is 5.92 Å². The number of carboxylic acid groups (broad SMARTS) is 1. The third kappa shape index (κ3) is 4.47. The van der Waals surface area contributed by atoms with Crippen molar-refractivity contribution >= 4 is 5.97 Å². The molecule has 2 atom stereocenters. The van der Waals surface area contributed by atoms with Crippen LogP contribution in [-0.4, -0.2) is 23.3 Å². The number of carbonyl (C=O) groups is 1. The first-order valence-electron chi connectivity index (χ1n) is 4.97. The largest absolute Gasteiger partial charge is 0.481 e. The number of aliphatic carboxylic acids is 1. The van der Waals surface area contributed by atoms with E-state index in [0.29, 0.717) is 6.07 Å². The second kappa shape index (κ2) is 6.07. The average Bonchev–Trinajstić information content (AvgIpc) is 2.23. The standard InChI is InChI=1S/C12H10F3NO2/c13-8-3-7(4-9(14)5-8)1-2-10(15)11(16)6-12(17)18/h3-5,10-11H,6,16H2,(H,17,18)/t10-,11-/m0/s1. The Bertz CT molecular complexity index is 488. The highest BCUT2D eigenvalue weighted by Crippen LogP contribution is 2.07. The van der Waals surface area contributed by atoms with Crippen molar-refractivity contribution in [2.75, 3.05) is 0 Å². The van der Waals surface area contributed by atoms with Gasteiger partial charge in [-0.3, -0.25) is 4.79 Å². The third-order valence-electron chi connectivity index (χ3n) is 2.00. The van der Waals surface area contributed by atoms with Gasteiger partial charge in [0.05, 0.1) is 12.5 Å². The molecular formula is C12H10F3NO2. The fourth-order valence-electron chi connectivity index (χ4n) is 1.19. The predicted molar refractivity (Wildman–Crippen MR) is 58.4 cm³/mol. The van der Waals surface area contributed by atoms with Crippen LogP contribution in [0.15, 0.2) is 18.2 Å². The van der Waals surface area contributed by atoms with Crippen LogP contribution in [0.25, 0.3) is 0 Å². The van der Waals surface area contributed by atoms with Crippen molar-refractivity contribution in [3.05, 3.63) is 35.4 Å². The molecule has 3 nitrogen and oxygen atoms in total. The molecule has 0 radical (unpaired) electrons. The Morgan fingerprint density at radius 3 is 2.39 bits per heavy atom. The molecule has 18 heavy (non-hydrogen) atoms. The first-order chi connectivity index (χ1) is 8.38. The summed E-state index contributed by atoms with van der Waals surface area (Å²) in [6.07, 6.45) is -2.46. The van der Waals surface area contributed by atoms with Gasteiger partial charge in [-0.05, 0) is 12.1 Å². The first kappa shape index (κ1) is 14.1. The number of hydrogen-bond acceptors (Lipinski definition) is 2. The van der Waals surface area contributed by atoms with Crippen LogP contribution < -0.4 is 5.73 Å². The summed E-state index contributed by atoms with van der Waals surface area (Å²) in [4.78, 5) is 10.3. The topological polar surface area (TPSA) is 63.3 Å². The predicted octanol–water partition coefficient (Wildman–Crippen LogP) is 1.46. The van der Waals surface area contributed by atoms with Crippen molar-refractivity contribution in [2.45, 2.75) is 18.6 Å². The number of alkyl halides is 1. The summed E-state index contributed by atoms with van der Waals surface area (Å²) in [5.41, 5.74) is 5.19. The molecule has 0 saturated carbocycles.